The molecule has 3 heterocycles. The maximum Gasteiger partial charge on any atom is 0.234 e. The molecule has 2 saturated heterocycles. The lowest BCUT2D eigenvalue weighted by Crippen LogP contribution is -2.49. The first-order valence-electron chi connectivity index (χ1n) is 6.59. The summed E-state index contributed by atoms with van der Waals surface area (Å²) in [6, 6.07) is 0. The van der Waals surface area contributed by atoms with Crippen molar-refractivity contribution in [2.24, 2.45) is 11.3 Å². The molecule has 0 aliphatic carbocycles. The van der Waals surface area contributed by atoms with Crippen molar-refractivity contribution in [2.45, 2.75) is 13.3 Å². The number of amides is 1. The molecule has 0 radical (unpaired) electrons. The molecule has 0 aromatic carbocycles. The zero-order chi connectivity index (χ0) is 13.3. The second-order valence-electron chi connectivity index (χ2n) is 5.30. The fourth-order valence-electron chi connectivity index (χ4n) is 2.88. The molecule has 19 heavy (non-hydrogen) atoms. The van der Waals surface area contributed by atoms with Crippen LogP contribution in [0, 0.1) is 18.3 Å². The number of anilines is 1. The predicted molar refractivity (Wildman–Crippen MR) is 69.6 cm³/mol. The number of fused-ring (bicyclic) bond motifs is 1. The van der Waals surface area contributed by atoms with Crippen LogP contribution < -0.4 is 10.6 Å². The number of aromatic nitrogens is 2. The Morgan fingerprint density at radius 1 is 1.53 bits per heavy atom. The van der Waals surface area contributed by atoms with Gasteiger partial charge >= 0.3 is 0 Å². The normalized spacial score (nSPS) is 29.8. The van der Waals surface area contributed by atoms with Crippen LogP contribution in [0.25, 0.3) is 0 Å². The lowest BCUT2D eigenvalue weighted by atomic mass is 9.75. The monoisotopic (exact) mass is 262 g/mol. The molecule has 2 aliphatic rings. The van der Waals surface area contributed by atoms with E-state index >= 15 is 0 Å². The van der Waals surface area contributed by atoms with E-state index in [9.17, 15) is 4.79 Å². The molecule has 102 valence electrons. The van der Waals surface area contributed by atoms with E-state index in [1.165, 1.54) is 0 Å². The van der Waals surface area contributed by atoms with Crippen LogP contribution in [0.5, 0.6) is 0 Å². The third kappa shape index (κ3) is 2.21. The molecule has 0 unspecified atom stereocenters. The zero-order valence-corrected chi connectivity index (χ0v) is 11.0. The molecule has 0 saturated carbocycles. The molecule has 2 atom stereocenters. The van der Waals surface area contributed by atoms with Crippen LogP contribution in [0.3, 0.4) is 0 Å². The van der Waals surface area contributed by atoms with Gasteiger partial charge in [-0.15, -0.1) is 0 Å². The zero-order valence-electron chi connectivity index (χ0n) is 11.0. The molecule has 6 nitrogen and oxygen atoms in total. The van der Waals surface area contributed by atoms with Gasteiger partial charge in [-0.3, -0.25) is 4.79 Å². The first-order chi connectivity index (χ1) is 9.21. The van der Waals surface area contributed by atoms with Crippen molar-refractivity contribution < 1.29 is 9.53 Å². The second kappa shape index (κ2) is 4.86. The summed E-state index contributed by atoms with van der Waals surface area (Å²) in [5.74, 6) is 1.06. The van der Waals surface area contributed by atoms with E-state index in [1.807, 2.05) is 6.92 Å². The Hall–Kier alpha value is -1.53. The van der Waals surface area contributed by atoms with E-state index in [0.717, 1.165) is 19.6 Å². The molecule has 2 N–H and O–H groups in total. The highest BCUT2D eigenvalue weighted by Gasteiger charge is 2.50. The number of nitrogens with one attached hydrogen (secondary N) is 2. The largest absolute Gasteiger partial charge is 0.380 e. The van der Waals surface area contributed by atoms with E-state index in [2.05, 4.69) is 20.6 Å². The van der Waals surface area contributed by atoms with E-state index in [-0.39, 0.29) is 5.91 Å². The highest BCUT2D eigenvalue weighted by Crippen LogP contribution is 2.38. The summed E-state index contributed by atoms with van der Waals surface area (Å²) in [6.07, 6.45) is 4.21. The van der Waals surface area contributed by atoms with Crippen LogP contribution in [0.15, 0.2) is 12.4 Å². The van der Waals surface area contributed by atoms with Gasteiger partial charge in [-0.05, 0) is 25.8 Å². The van der Waals surface area contributed by atoms with Crippen molar-refractivity contribution in [3.63, 3.8) is 0 Å². The number of hydrogen-bond donors (Lipinski definition) is 2. The molecule has 0 bridgehead atoms. The van der Waals surface area contributed by atoms with Gasteiger partial charge in [0.2, 0.25) is 5.91 Å². The highest BCUT2D eigenvalue weighted by molar-refractivity contribution is 5.96. The number of rotatable bonds is 2. The molecule has 3 rings (SSSR count). The fourth-order valence-corrected chi connectivity index (χ4v) is 2.88. The Bertz CT molecular complexity index is 476. The quantitative estimate of drug-likeness (QED) is 0.804. The van der Waals surface area contributed by atoms with Crippen molar-refractivity contribution in [1.29, 1.82) is 0 Å². The topological polar surface area (TPSA) is 76.1 Å². The summed E-state index contributed by atoms with van der Waals surface area (Å²) in [6.45, 7) is 4.62. The molecule has 6 heteroatoms. The van der Waals surface area contributed by atoms with Crippen LogP contribution in [-0.4, -0.2) is 42.2 Å². The van der Waals surface area contributed by atoms with Gasteiger partial charge < -0.3 is 15.4 Å². The Morgan fingerprint density at radius 2 is 2.32 bits per heavy atom. The van der Waals surface area contributed by atoms with Crippen LogP contribution in [-0.2, 0) is 9.53 Å². The lowest BCUT2D eigenvalue weighted by Gasteiger charge is -2.36. The minimum absolute atomic E-state index is 0.00894. The van der Waals surface area contributed by atoms with Crippen molar-refractivity contribution in [3.05, 3.63) is 18.2 Å². The summed E-state index contributed by atoms with van der Waals surface area (Å²) in [5.41, 5.74) is 0.199. The number of aryl methyl sites for hydroxylation is 1. The minimum Gasteiger partial charge on any atom is -0.380 e. The summed E-state index contributed by atoms with van der Waals surface area (Å²) in [7, 11) is 0. The van der Waals surface area contributed by atoms with E-state index in [4.69, 9.17) is 4.74 Å². The summed E-state index contributed by atoms with van der Waals surface area (Å²) in [5, 5.41) is 6.23. The van der Waals surface area contributed by atoms with Crippen molar-refractivity contribution >= 4 is 11.6 Å². The molecule has 2 aliphatic heterocycles. The van der Waals surface area contributed by atoms with Gasteiger partial charge in [0.15, 0.2) is 0 Å². The average molecular weight is 262 g/mol. The van der Waals surface area contributed by atoms with Crippen LogP contribution in [0.1, 0.15) is 12.2 Å². The molecular formula is C13H18N4O2. The number of hydrogen-bond acceptors (Lipinski definition) is 5. The third-order valence-corrected chi connectivity index (χ3v) is 4.07. The smallest absolute Gasteiger partial charge is 0.234 e. The minimum atomic E-state index is -0.441. The molecule has 1 amide bonds. The molecular weight excluding hydrogens is 244 g/mol. The first kappa shape index (κ1) is 12.5. The maximum absolute atomic E-state index is 12.6. The summed E-state index contributed by atoms with van der Waals surface area (Å²) < 4.78 is 5.53. The summed E-state index contributed by atoms with van der Waals surface area (Å²) >= 11 is 0. The third-order valence-electron chi connectivity index (χ3n) is 4.07. The molecule has 1 aromatic heterocycles. The van der Waals surface area contributed by atoms with Crippen LogP contribution in [0.4, 0.5) is 5.69 Å². The number of carbonyl (C=O) groups is 1. The lowest BCUT2D eigenvalue weighted by molar-refractivity contribution is -0.135. The number of ether oxygens (including phenoxy) is 1. The van der Waals surface area contributed by atoms with Gasteiger partial charge in [-0.2, -0.15) is 0 Å². The number of nitrogens with zero attached hydrogens (tertiary/aromatic N) is 2. The van der Waals surface area contributed by atoms with E-state index in [1.54, 1.807) is 12.4 Å². The van der Waals surface area contributed by atoms with Crippen molar-refractivity contribution in [3.8, 4) is 0 Å². The Morgan fingerprint density at radius 3 is 3.11 bits per heavy atom. The Labute approximate surface area is 112 Å². The summed E-state index contributed by atoms with van der Waals surface area (Å²) in [4.78, 5) is 20.7. The second-order valence-corrected chi connectivity index (χ2v) is 5.30. The standard InChI is InChI=1S/C13H18N4O2/c1-9-15-5-11(6-16-9)17-12(18)13-7-14-4-10(13)2-3-19-8-13/h5-6,10,14H,2-4,7-8H2,1H3,(H,17,18)/t10-,13+/m1/s1. The maximum atomic E-state index is 12.6. The first-order valence-corrected chi connectivity index (χ1v) is 6.59. The van der Waals surface area contributed by atoms with Gasteiger partial charge in [-0.25, -0.2) is 9.97 Å². The highest BCUT2D eigenvalue weighted by atomic mass is 16.5. The van der Waals surface area contributed by atoms with Gasteiger partial charge in [0.1, 0.15) is 5.82 Å². The van der Waals surface area contributed by atoms with Crippen LogP contribution in [0.2, 0.25) is 0 Å². The SMILES string of the molecule is Cc1ncc(NC(=O)[C@]23CNC[C@H]2CCOC3)cn1. The Kier molecular flexibility index (Phi) is 3.20. The van der Waals surface area contributed by atoms with Gasteiger partial charge in [0, 0.05) is 13.2 Å². The fraction of sp³-hybridized carbons (Fsp3) is 0.615. The van der Waals surface area contributed by atoms with Gasteiger partial charge in [0.25, 0.3) is 0 Å². The molecule has 2 fully saturated rings. The van der Waals surface area contributed by atoms with Crippen molar-refractivity contribution in [1.82, 2.24) is 15.3 Å². The van der Waals surface area contributed by atoms with E-state index < -0.39 is 5.41 Å². The Balaban J connectivity index is 1.77. The average Bonchev–Trinajstić information content (AvgIpc) is 2.86. The van der Waals surface area contributed by atoms with Gasteiger partial charge in [-0.1, -0.05) is 0 Å². The van der Waals surface area contributed by atoms with Crippen LogP contribution >= 0.6 is 0 Å². The molecule has 1 aromatic rings. The molecule has 0 spiro atoms. The van der Waals surface area contributed by atoms with E-state index in [0.29, 0.717) is 30.6 Å². The van der Waals surface area contributed by atoms with Crippen molar-refractivity contribution in [2.75, 3.05) is 31.6 Å². The number of carbonyl (C=O) groups excluding carboxylic acids is 1. The predicted octanol–water partition coefficient (Wildman–Crippen LogP) is 0.350. The van der Waals surface area contributed by atoms with Gasteiger partial charge in [0.05, 0.1) is 30.1 Å².